The molecule has 2 N–H and O–H groups in total. The minimum atomic E-state index is -1.40. The molecule has 0 amide bonds. The number of ether oxygens (including phenoxy) is 1. The first-order chi connectivity index (χ1) is 10.2. The molecule has 21 heavy (non-hydrogen) atoms. The van der Waals surface area contributed by atoms with Crippen LogP contribution >= 0.6 is 0 Å². The standard InChI is InChI=1S/C14H13N3O3S/c1-20-13-11(15-7-6-12(13)18)8-21(19)14-16-9-4-2-3-5-10(9)17-14/h2-7H,8H2,1H3,(H,15,18)(H,16,17). The van der Waals surface area contributed by atoms with Gasteiger partial charge in [-0.1, -0.05) is 12.1 Å². The van der Waals surface area contributed by atoms with Gasteiger partial charge < -0.3 is 14.7 Å². The van der Waals surface area contributed by atoms with Crippen LogP contribution in [0.2, 0.25) is 0 Å². The summed E-state index contributed by atoms with van der Waals surface area (Å²) in [6, 6.07) is 8.83. The average Bonchev–Trinajstić information content (AvgIpc) is 2.91. The van der Waals surface area contributed by atoms with Gasteiger partial charge in [-0.3, -0.25) is 9.00 Å². The Morgan fingerprint density at radius 2 is 2.10 bits per heavy atom. The van der Waals surface area contributed by atoms with Crippen molar-refractivity contribution >= 4 is 21.8 Å². The fourth-order valence-electron chi connectivity index (χ4n) is 2.08. The predicted molar refractivity (Wildman–Crippen MR) is 79.8 cm³/mol. The number of hydrogen-bond donors (Lipinski definition) is 2. The largest absolute Gasteiger partial charge is 0.491 e. The Kier molecular flexibility index (Phi) is 3.57. The molecule has 0 bridgehead atoms. The first kappa shape index (κ1) is 13.6. The number of nitrogens with zero attached hydrogens (tertiary/aromatic N) is 1. The molecule has 0 aliphatic heterocycles. The Morgan fingerprint density at radius 3 is 2.86 bits per heavy atom. The van der Waals surface area contributed by atoms with E-state index in [9.17, 15) is 9.00 Å². The zero-order valence-corrected chi connectivity index (χ0v) is 12.1. The number of methoxy groups -OCH3 is 1. The van der Waals surface area contributed by atoms with Crippen LogP contribution in [0.4, 0.5) is 0 Å². The van der Waals surface area contributed by atoms with Gasteiger partial charge in [0.2, 0.25) is 5.43 Å². The molecule has 0 radical (unpaired) electrons. The molecule has 0 aliphatic rings. The monoisotopic (exact) mass is 303 g/mol. The normalized spacial score (nSPS) is 12.4. The van der Waals surface area contributed by atoms with Crippen molar-refractivity contribution in [2.75, 3.05) is 7.11 Å². The third-order valence-electron chi connectivity index (χ3n) is 3.05. The van der Waals surface area contributed by atoms with Gasteiger partial charge in [-0.25, -0.2) is 4.98 Å². The van der Waals surface area contributed by atoms with Crippen molar-refractivity contribution in [2.45, 2.75) is 10.9 Å². The quantitative estimate of drug-likeness (QED) is 0.766. The van der Waals surface area contributed by atoms with E-state index in [2.05, 4.69) is 15.0 Å². The summed E-state index contributed by atoms with van der Waals surface area (Å²) < 4.78 is 17.5. The van der Waals surface area contributed by atoms with Gasteiger partial charge in [0.1, 0.15) is 0 Å². The Balaban J connectivity index is 1.93. The lowest BCUT2D eigenvalue weighted by molar-refractivity contribution is 0.404. The molecule has 3 aromatic rings. The summed E-state index contributed by atoms with van der Waals surface area (Å²) in [5, 5.41) is 0.378. The zero-order chi connectivity index (χ0) is 14.8. The number of imidazole rings is 1. The number of para-hydroxylation sites is 2. The van der Waals surface area contributed by atoms with Crippen LogP contribution in [0.5, 0.6) is 5.75 Å². The van der Waals surface area contributed by atoms with Crippen LogP contribution in [0.25, 0.3) is 11.0 Å². The van der Waals surface area contributed by atoms with Crippen LogP contribution < -0.4 is 10.2 Å². The van der Waals surface area contributed by atoms with Gasteiger partial charge in [0.25, 0.3) is 0 Å². The smallest absolute Gasteiger partial charge is 0.223 e. The predicted octanol–water partition coefficient (Wildman–Crippen LogP) is 1.57. The van der Waals surface area contributed by atoms with Crippen molar-refractivity contribution in [2.24, 2.45) is 0 Å². The Labute approximate surface area is 122 Å². The molecule has 0 saturated heterocycles. The molecular weight excluding hydrogens is 290 g/mol. The Morgan fingerprint density at radius 1 is 1.29 bits per heavy atom. The molecular formula is C14H13N3O3S. The van der Waals surface area contributed by atoms with Crippen molar-refractivity contribution in [3.8, 4) is 5.75 Å². The van der Waals surface area contributed by atoms with Crippen LogP contribution in [0, 0.1) is 0 Å². The maximum Gasteiger partial charge on any atom is 0.223 e. The SMILES string of the molecule is COc1c(CS(=O)c2nc3ccccc3[nH]2)[nH]ccc1=O. The van der Waals surface area contributed by atoms with E-state index in [-0.39, 0.29) is 16.9 Å². The van der Waals surface area contributed by atoms with Crippen LogP contribution in [-0.4, -0.2) is 26.3 Å². The van der Waals surface area contributed by atoms with Gasteiger partial charge >= 0.3 is 0 Å². The van der Waals surface area contributed by atoms with Crippen molar-refractivity contribution in [3.63, 3.8) is 0 Å². The summed E-state index contributed by atoms with van der Waals surface area (Å²) in [6.45, 7) is 0. The van der Waals surface area contributed by atoms with Gasteiger partial charge in [0.05, 0.1) is 40.4 Å². The van der Waals surface area contributed by atoms with E-state index in [0.717, 1.165) is 11.0 Å². The number of fused-ring (bicyclic) bond motifs is 1. The van der Waals surface area contributed by atoms with Gasteiger partial charge in [-0.05, 0) is 12.1 Å². The fourth-order valence-corrected chi connectivity index (χ4v) is 3.11. The molecule has 0 fully saturated rings. The molecule has 0 aliphatic carbocycles. The number of aromatic amines is 2. The maximum atomic E-state index is 12.4. The molecule has 7 heteroatoms. The second-order valence-corrected chi connectivity index (χ2v) is 5.77. The number of aromatic nitrogens is 3. The van der Waals surface area contributed by atoms with Crippen molar-refractivity contribution in [3.05, 3.63) is 52.4 Å². The zero-order valence-electron chi connectivity index (χ0n) is 11.3. The summed E-state index contributed by atoms with van der Waals surface area (Å²) in [4.78, 5) is 21.9. The summed E-state index contributed by atoms with van der Waals surface area (Å²) >= 11 is 0. The third-order valence-corrected chi connectivity index (χ3v) is 4.23. The number of H-pyrrole nitrogens is 2. The highest BCUT2D eigenvalue weighted by molar-refractivity contribution is 7.84. The van der Waals surface area contributed by atoms with Crippen LogP contribution in [0.3, 0.4) is 0 Å². The molecule has 108 valence electrons. The van der Waals surface area contributed by atoms with E-state index in [1.807, 2.05) is 24.3 Å². The number of rotatable bonds is 4. The van der Waals surface area contributed by atoms with Crippen LogP contribution in [0.15, 0.2) is 46.5 Å². The van der Waals surface area contributed by atoms with Gasteiger partial charge in [-0.2, -0.15) is 0 Å². The van der Waals surface area contributed by atoms with E-state index >= 15 is 0 Å². The summed E-state index contributed by atoms with van der Waals surface area (Å²) in [7, 11) is 0.0109. The number of nitrogens with one attached hydrogen (secondary N) is 2. The van der Waals surface area contributed by atoms with Crippen LogP contribution in [-0.2, 0) is 16.6 Å². The van der Waals surface area contributed by atoms with Crippen molar-refractivity contribution in [1.29, 1.82) is 0 Å². The summed E-state index contributed by atoms with van der Waals surface area (Å²) in [6.07, 6.45) is 1.51. The third kappa shape index (κ3) is 2.59. The van der Waals surface area contributed by atoms with Crippen molar-refractivity contribution in [1.82, 2.24) is 15.0 Å². The lowest BCUT2D eigenvalue weighted by Crippen LogP contribution is -2.11. The second-order valence-electron chi connectivity index (χ2n) is 4.40. The molecule has 2 aromatic heterocycles. The molecule has 1 atom stereocenters. The highest BCUT2D eigenvalue weighted by Crippen LogP contribution is 2.17. The Bertz CT molecular complexity index is 836. The van der Waals surface area contributed by atoms with Crippen LogP contribution in [0.1, 0.15) is 5.69 Å². The highest BCUT2D eigenvalue weighted by atomic mass is 32.2. The van der Waals surface area contributed by atoms with E-state index in [4.69, 9.17) is 4.74 Å². The molecule has 2 heterocycles. The first-order valence-electron chi connectivity index (χ1n) is 6.26. The fraction of sp³-hybridized carbons (Fsp3) is 0.143. The van der Waals surface area contributed by atoms with Gasteiger partial charge in [-0.15, -0.1) is 0 Å². The van der Waals surface area contributed by atoms with E-state index in [1.54, 1.807) is 0 Å². The molecule has 0 saturated carbocycles. The summed E-state index contributed by atoms with van der Waals surface area (Å²) in [5.74, 6) is 0.306. The van der Waals surface area contributed by atoms with Crippen molar-refractivity contribution < 1.29 is 8.95 Å². The van der Waals surface area contributed by atoms with Gasteiger partial charge in [0.15, 0.2) is 10.9 Å². The minimum Gasteiger partial charge on any atom is -0.491 e. The van der Waals surface area contributed by atoms with E-state index < -0.39 is 10.8 Å². The molecule has 1 aromatic carbocycles. The average molecular weight is 303 g/mol. The second kappa shape index (κ2) is 5.53. The molecule has 3 rings (SSSR count). The lowest BCUT2D eigenvalue weighted by atomic mass is 10.3. The molecule has 0 spiro atoms. The Hall–Kier alpha value is -2.41. The molecule has 1 unspecified atom stereocenters. The first-order valence-corrected chi connectivity index (χ1v) is 7.58. The highest BCUT2D eigenvalue weighted by Gasteiger charge is 2.15. The number of pyridine rings is 1. The topological polar surface area (TPSA) is 87.8 Å². The minimum absolute atomic E-state index is 0.124. The maximum absolute atomic E-state index is 12.4. The summed E-state index contributed by atoms with van der Waals surface area (Å²) in [5.41, 5.74) is 1.83. The van der Waals surface area contributed by atoms with Gasteiger partial charge in [0, 0.05) is 12.3 Å². The number of hydrogen-bond acceptors (Lipinski definition) is 4. The number of benzene rings is 1. The lowest BCUT2D eigenvalue weighted by Gasteiger charge is -2.05. The van der Waals surface area contributed by atoms with E-state index in [1.165, 1.54) is 19.4 Å². The molecule has 6 nitrogen and oxygen atoms in total. The van der Waals surface area contributed by atoms with E-state index in [0.29, 0.717) is 10.9 Å².